The van der Waals surface area contributed by atoms with Gasteiger partial charge in [-0.05, 0) is 24.3 Å². The Balaban J connectivity index is 0.00000218. The molecule has 30 heavy (non-hydrogen) atoms. The molecule has 3 aliphatic heterocycles. The second-order valence-electron chi connectivity index (χ2n) is 7.52. The lowest BCUT2D eigenvalue weighted by Crippen LogP contribution is -3.00. The van der Waals surface area contributed by atoms with Crippen LogP contribution in [-0.4, -0.2) is 40.4 Å². The number of rotatable bonds is 5. The summed E-state index contributed by atoms with van der Waals surface area (Å²) in [5.41, 5.74) is 0. The average Bonchev–Trinajstić information content (AvgIpc) is 2.76. The molecule has 3 saturated heterocycles. The van der Waals surface area contributed by atoms with E-state index in [9.17, 15) is 4.79 Å². The summed E-state index contributed by atoms with van der Waals surface area (Å²) in [4.78, 5) is 26.0. The van der Waals surface area contributed by atoms with Crippen molar-refractivity contribution in [2.24, 2.45) is 5.92 Å². The van der Waals surface area contributed by atoms with Crippen LogP contribution in [0.2, 0.25) is 0 Å². The molecule has 0 atom stereocenters. The van der Waals surface area contributed by atoms with Crippen LogP contribution >= 0.6 is 0 Å². The molecule has 7 nitrogen and oxygen atoms in total. The topological polar surface area (TPSA) is 74.2 Å². The van der Waals surface area contributed by atoms with Crippen molar-refractivity contribution < 1.29 is 26.7 Å². The van der Waals surface area contributed by atoms with Crippen LogP contribution < -0.4 is 26.4 Å². The SMILES string of the molecule is O=C1C[N+]2(c3nc(Oc4ccccc4)nc(Oc4ccccc4)n3)CCC1CC2.[Cl-]. The summed E-state index contributed by atoms with van der Waals surface area (Å²) in [6.45, 7) is 2.11. The number of nitrogens with zero attached hydrogens (tertiary/aromatic N) is 4. The number of carbonyl (C=O) groups is 1. The third-order valence-corrected chi connectivity index (χ3v) is 5.64. The van der Waals surface area contributed by atoms with Gasteiger partial charge in [0.2, 0.25) is 0 Å². The Morgan fingerprint density at radius 3 is 1.73 bits per heavy atom. The zero-order valence-electron chi connectivity index (χ0n) is 16.3. The molecular formula is C22H21ClN4O3. The maximum atomic E-state index is 12.4. The summed E-state index contributed by atoms with van der Waals surface area (Å²) in [5, 5.41) is 0. The van der Waals surface area contributed by atoms with Gasteiger partial charge in [0.25, 0.3) is 0 Å². The smallest absolute Gasteiger partial charge is 0.338 e. The monoisotopic (exact) mass is 424 g/mol. The molecule has 0 amide bonds. The molecule has 0 N–H and O–H groups in total. The normalized spacial score (nSPS) is 22.3. The Morgan fingerprint density at radius 2 is 1.27 bits per heavy atom. The Labute approximate surface area is 180 Å². The molecule has 6 rings (SSSR count). The van der Waals surface area contributed by atoms with Gasteiger partial charge in [0.1, 0.15) is 18.0 Å². The standard InChI is InChI=1S/C22H21N4O3.ClH/c27-19-15-26(13-11-16(19)12-14-26)20-23-21(28-17-7-3-1-4-8-17)25-22(24-20)29-18-9-5-2-6-10-18;/h1-10,16H,11-15H2;1H/q+1;/p-1. The van der Waals surface area contributed by atoms with Crippen molar-refractivity contribution >= 4 is 11.7 Å². The number of quaternary nitrogens is 1. The van der Waals surface area contributed by atoms with Gasteiger partial charge >= 0.3 is 18.0 Å². The van der Waals surface area contributed by atoms with E-state index in [4.69, 9.17) is 9.47 Å². The number of ether oxygens (including phenoxy) is 2. The Morgan fingerprint density at radius 1 is 0.767 bits per heavy atom. The highest BCUT2D eigenvalue weighted by Gasteiger charge is 2.49. The summed E-state index contributed by atoms with van der Waals surface area (Å²) in [7, 11) is 0. The molecule has 1 aromatic heterocycles. The van der Waals surface area contributed by atoms with E-state index in [0.717, 1.165) is 25.9 Å². The van der Waals surface area contributed by atoms with Gasteiger partial charge in [0.05, 0.1) is 13.1 Å². The molecule has 154 valence electrons. The Hall–Kier alpha value is -3.03. The quantitative estimate of drug-likeness (QED) is 0.563. The van der Waals surface area contributed by atoms with Crippen LogP contribution in [0, 0.1) is 5.92 Å². The van der Waals surface area contributed by atoms with Crippen molar-refractivity contribution in [2.45, 2.75) is 12.8 Å². The number of halogens is 1. The minimum absolute atomic E-state index is 0. The van der Waals surface area contributed by atoms with Gasteiger partial charge in [-0.25, -0.2) is 0 Å². The molecule has 3 fully saturated rings. The molecule has 2 aromatic carbocycles. The average molecular weight is 425 g/mol. The van der Waals surface area contributed by atoms with Gasteiger partial charge in [-0.1, -0.05) is 36.4 Å². The first-order valence-electron chi connectivity index (χ1n) is 9.81. The van der Waals surface area contributed by atoms with Crippen LogP contribution in [-0.2, 0) is 4.79 Å². The number of fused-ring (bicyclic) bond motifs is 3. The molecule has 4 heterocycles. The lowest BCUT2D eigenvalue weighted by Gasteiger charge is -2.45. The molecule has 8 heteroatoms. The van der Waals surface area contributed by atoms with Crippen LogP contribution in [0.1, 0.15) is 12.8 Å². The Bertz CT molecular complexity index is 965. The first kappa shape index (κ1) is 20.3. The third-order valence-electron chi connectivity index (χ3n) is 5.64. The van der Waals surface area contributed by atoms with E-state index in [2.05, 4.69) is 15.0 Å². The van der Waals surface area contributed by atoms with Crippen molar-refractivity contribution in [3.05, 3.63) is 60.7 Å². The van der Waals surface area contributed by atoms with Crippen molar-refractivity contribution in [2.75, 3.05) is 19.6 Å². The lowest BCUT2D eigenvalue weighted by molar-refractivity contribution is -0.130. The van der Waals surface area contributed by atoms with E-state index in [1.807, 2.05) is 60.7 Å². The first-order valence-corrected chi connectivity index (χ1v) is 9.81. The molecule has 0 aliphatic carbocycles. The molecule has 0 radical (unpaired) electrons. The maximum absolute atomic E-state index is 12.4. The number of aromatic nitrogens is 3. The fourth-order valence-electron chi connectivity index (χ4n) is 4.06. The predicted molar refractivity (Wildman–Crippen MR) is 107 cm³/mol. The second-order valence-corrected chi connectivity index (χ2v) is 7.52. The van der Waals surface area contributed by atoms with Crippen LogP contribution in [0.5, 0.6) is 23.5 Å². The Kier molecular flexibility index (Phi) is 5.65. The minimum atomic E-state index is 0. The van der Waals surface area contributed by atoms with Gasteiger partial charge in [0, 0.05) is 18.8 Å². The lowest BCUT2D eigenvalue weighted by atomic mass is 9.85. The summed E-state index contributed by atoms with van der Waals surface area (Å²) >= 11 is 0. The van der Waals surface area contributed by atoms with E-state index >= 15 is 0 Å². The van der Waals surface area contributed by atoms with Crippen LogP contribution in [0.3, 0.4) is 0 Å². The maximum Gasteiger partial charge on any atom is 0.338 e. The number of para-hydroxylation sites is 2. The fourth-order valence-corrected chi connectivity index (χ4v) is 4.06. The fraction of sp³-hybridized carbons (Fsp3) is 0.273. The number of hydrogen-bond acceptors (Lipinski definition) is 6. The van der Waals surface area contributed by atoms with Crippen molar-refractivity contribution in [1.82, 2.24) is 19.4 Å². The third kappa shape index (κ3) is 3.99. The number of Topliss-reactive ketones (excluding diaryl/α,β-unsaturated/α-hetero) is 1. The number of carbonyl (C=O) groups excluding carboxylic acids is 1. The summed E-state index contributed by atoms with van der Waals surface area (Å²) in [5.74, 6) is 2.27. The van der Waals surface area contributed by atoms with Gasteiger partial charge in [-0.15, -0.1) is 15.0 Å². The number of piperidine rings is 3. The summed E-state index contributed by atoms with van der Waals surface area (Å²) < 4.78 is 12.2. The predicted octanol–water partition coefficient (Wildman–Crippen LogP) is 0.760. The number of hydrogen-bond donors (Lipinski definition) is 0. The first-order chi connectivity index (χ1) is 14.2. The van der Waals surface area contributed by atoms with E-state index < -0.39 is 0 Å². The van der Waals surface area contributed by atoms with E-state index in [-0.39, 0.29) is 30.3 Å². The highest BCUT2D eigenvalue weighted by molar-refractivity contribution is 5.86. The van der Waals surface area contributed by atoms with Crippen LogP contribution in [0.4, 0.5) is 5.95 Å². The van der Waals surface area contributed by atoms with Gasteiger partial charge in [-0.3, -0.25) is 9.28 Å². The number of ketones is 1. The molecule has 3 aromatic rings. The highest BCUT2D eigenvalue weighted by atomic mass is 35.5. The molecular weight excluding hydrogens is 404 g/mol. The molecule has 0 spiro atoms. The largest absolute Gasteiger partial charge is 1.00 e. The zero-order valence-corrected chi connectivity index (χ0v) is 17.0. The van der Waals surface area contributed by atoms with Crippen LogP contribution in [0.25, 0.3) is 0 Å². The molecule has 3 aliphatic rings. The van der Waals surface area contributed by atoms with Gasteiger partial charge in [0.15, 0.2) is 5.78 Å². The molecule has 0 saturated carbocycles. The van der Waals surface area contributed by atoms with Crippen LogP contribution in [0.15, 0.2) is 60.7 Å². The molecule has 2 bridgehead atoms. The van der Waals surface area contributed by atoms with E-state index in [1.54, 1.807) is 0 Å². The zero-order chi connectivity index (χ0) is 19.7. The summed E-state index contributed by atoms with van der Waals surface area (Å²) in [6.07, 6.45) is 1.74. The van der Waals surface area contributed by atoms with E-state index in [1.165, 1.54) is 0 Å². The van der Waals surface area contributed by atoms with Crippen molar-refractivity contribution in [3.63, 3.8) is 0 Å². The van der Waals surface area contributed by atoms with Crippen molar-refractivity contribution in [1.29, 1.82) is 0 Å². The second kappa shape index (κ2) is 8.38. The number of benzene rings is 2. The highest BCUT2D eigenvalue weighted by Crippen LogP contribution is 2.36. The van der Waals surface area contributed by atoms with Gasteiger partial charge < -0.3 is 21.9 Å². The van der Waals surface area contributed by atoms with E-state index in [0.29, 0.717) is 34.3 Å². The molecule has 0 unspecified atom stereocenters. The minimum Gasteiger partial charge on any atom is -1.00 e. The summed E-state index contributed by atoms with van der Waals surface area (Å²) in [6, 6.07) is 19.0. The van der Waals surface area contributed by atoms with Gasteiger partial charge in [-0.2, -0.15) is 0 Å². The van der Waals surface area contributed by atoms with Crippen molar-refractivity contribution in [3.8, 4) is 23.5 Å².